The number of allylic oxidation sites excluding steroid dienone is 1. The lowest BCUT2D eigenvalue weighted by Gasteiger charge is -2.43. The van der Waals surface area contributed by atoms with Crippen molar-refractivity contribution in [1.82, 2.24) is 0 Å². The highest BCUT2D eigenvalue weighted by Gasteiger charge is 2.61. The lowest BCUT2D eigenvalue weighted by Crippen LogP contribution is -2.51. The molecule has 0 aromatic carbocycles. The molecule has 2 atom stereocenters. The van der Waals surface area contributed by atoms with E-state index >= 15 is 0 Å². The van der Waals surface area contributed by atoms with Crippen molar-refractivity contribution in [2.24, 2.45) is 5.41 Å². The molecule has 0 bridgehead atoms. The molecule has 1 aromatic rings. The fraction of sp³-hybridized carbons (Fsp3) is 0.556. The molecule has 1 spiro atoms. The Kier molecular flexibility index (Phi) is 4.12. The molecule has 2 unspecified atom stereocenters. The molecule has 1 aromatic heterocycles. The fourth-order valence-electron chi connectivity index (χ4n) is 3.65. The van der Waals surface area contributed by atoms with Gasteiger partial charge in [0, 0.05) is 17.6 Å². The maximum Gasteiger partial charge on any atom is 0.287 e. The lowest BCUT2D eigenvalue weighted by molar-refractivity contribution is -0.223. The second-order valence-electron chi connectivity index (χ2n) is 6.23. The summed E-state index contributed by atoms with van der Waals surface area (Å²) in [5.41, 5.74) is 1.04. The average Bonchev–Trinajstić information content (AvgIpc) is 3.21. The van der Waals surface area contributed by atoms with Crippen LogP contribution in [0.15, 0.2) is 28.7 Å². The van der Waals surface area contributed by atoms with E-state index in [2.05, 4.69) is 0 Å². The van der Waals surface area contributed by atoms with Crippen molar-refractivity contribution < 1.29 is 23.7 Å². The molecule has 126 valence electrons. The first-order valence-corrected chi connectivity index (χ1v) is 7.92. The molecular formula is C18H24O5. The van der Waals surface area contributed by atoms with Crippen LogP contribution in [-0.2, 0) is 9.47 Å². The van der Waals surface area contributed by atoms with Crippen LogP contribution in [0.1, 0.15) is 31.6 Å². The number of methoxy groups -OCH3 is 1. The molecule has 2 aliphatic rings. The van der Waals surface area contributed by atoms with E-state index in [0.717, 1.165) is 11.1 Å². The van der Waals surface area contributed by atoms with Crippen molar-refractivity contribution in [1.29, 1.82) is 0 Å². The van der Waals surface area contributed by atoms with Gasteiger partial charge in [-0.3, -0.25) is 0 Å². The molecule has 1 aliphatic heterocycles. The van der Waals surface area contributed by atoms with Gasteiger partial charge in [-0.1, -0.05) is 18.2 Å². The van der Waals surface area contributed by atoms with E-state index in [0.29, 0.717) is 31.3 Å². The summed E-state index contributed by atoms with van der Waals surface area (Å²) in [6, 6.07) is 1.93. The minimum absolute atomic E-state index is 0.484. The van der Waals surface area contributed by atoms with Gasteiger partial charge in [0.25, 0.3) is 5.95 Å². The summed E-state index contributed by atoms with van der Waals surface area (Å²) < 4.78 is 23.0. The second kappa shape index (κ2) is 5.82. The molecule has 1 fully saturated rings. The normalized spacial score (nSPS) is 27.8. The van der Waals surface area contributed by atoms with Gasteiger partial charge in [0.05, 0.1) is 31.8 Å². The number of aryl methyl sites for hydroxylation is 1. The van der Waals surface area contributed by atoms with Crippen LogP contribution in [-0.4, -0.2) is 37.3 Å². The number of furan rings is 1. The van der Waals surface area contributed by atoms with Crippen molar-refractivity contribution >= 4 is 5.57 Å². The van der Waals surface area contributed by atoms with Gasteiger partial charge in [0.2, 0.25) is 0 Å². The number of aliphatic hydroxyl groups is 1. The monoisotopic (exact) mass is 320 g/mol. The Morgan fingerprint density at radius 3 is 2.61 bits per heavy atom. The first kappa shape index (κ1) is 16.3. The lowest BCUT2D eigenvalue weighted by atomic mass is 9.72. The van der Waals surface area contributed by atoms with E-state index in [1.807, 2.05) is 39.0 Å². The first-order chi connectivity index (χ1) is 11.0. The molecule has 0 amide bonds. The van der Waals surface area contributed by atoms with Gasteiger partial charge < -0.3 is 23.7 Å². The smallest absolute Gasteiger partial charge is 0.287 e. The van der Waals surface area contributed by atoms with Gasteiger partial charge in [-0.05, 0) is 26.8 Å². The van der Waals surface area contributed by atoms with Gasteiger partial charge in [0.1, 0.15) is 5.76 Å². The summed E-state index contributed by atoms with van der Waals surface area (Å²) in [5.74, 6) is 0.314. The molecule has 3 rings (SSSR count). The molecule has 1 N–H and O–H groups in total. The van der Waals surface area contributed by atoms with Crippen LogP contribution in [0.25, 0.3) is 5.57 Å². The van der Waals surface area contributed by atoms with Crippen molar-refractivity contribution in [2.45, 2.75) is 39.1 Å². The maximum absolute atomic E-state index is 10.8. The minimum Gasteiger partial charge on any atom is -0.468 e. The highest BCUT2D eigenvalue weighted by atomic mass is 16.7. The van der Waals surface area contributed by atoms with E-state index in [1.54, 1.807) is 13.2 Å². The van der Waals surface area contributed by atoms with Gasteiger partial charge in [-0.2, -0.15) is 0 Å². The van der Waals surface area contributed by atoms with E-state index in [-0.39, 0.29) is 0 Å². The van der Waals surface area contributed by atoms with Gasteiger partial charge in [0.15, 0.2) is 5.79 Å². The predicted octanol–water partition coefficient (Wildman–Crippen LogP) is 3.07. The minimum atomic E-state index is -0.852. The Morgan fingerprint density at radius 2 is 2.04 bits per heavy atom. The third kappa shape index (κ3) is 2.26. The summed E-state index contributed by atoms with van der Waals surface area (Å²) >= 11 is 0. The standard InChI is InChI=1S/C18H24O5/c1-5-6-15(19)17(3)13(7-8-18(17)21-9-10-22-18)14-11-12(2)16(20-4)23-14/h5-7,11,15,19H,8-10H2,1-4H3/b6-5+. The number of hydrogen-bond acceptors (Lipinski definition) is 5. The fourth-order valence-corrected chi connectivity index (χ4v) is 3.65. The van der Waals surface area contributed by atoms with Crippen LogP contribution >= 0.6 is 0 Å². The molecule has 0 saturated carbocycles. The molecule has 5 nitrogen and oxygen atoms in total. The quantitative estimate of drug-likeness (QED) is 0.864. The van der Waals surface area contributed by atoms with E-state index in [4.69, 9.17) is 18.6 Å². The average molecular weight is 320 g/mol. The Balaban J connectivity index is 2.07. The SMILES string of the molecule is C/C=C/C(O)C1(C)C(c2cc(C)c(OC)o2)=CCC12OCCO2. The van der Waals surface area contributed by atoms with Gasteiger partial charge in [-0.15, -0.1) is 0 Å². The summed E-state index contributed by atoms with van der Waals surface area (Å²) in [6.07, 6.45) is 5.46. The zero-order chi connectivity index (χ0) is 16.7. The highest BCUT2D eigenvalue weighted by molar-refractivity contribution is 5.72. The number of hydrogen-bond donors (Lipinski definition) is 1. The Hall–Kier alpha value is -1.56. The van der Waals surface area contributed by atoms with E-state index < -0.39 is 17.3 Å². The molecule has 5 heteroatoms. The molecule has 23 heavy (non-hydrogen) atoms. The van der Waals surface area contributed by atoms with E-state index in [1.165, 1.54) is 0 Å². The maximum atomic E-state index is 10.8. The Labute approximate surface area is 136 Å². The van der Waals surface area contributed by atoms with Crippen LogP contribution < -0.4 is 4.74 Å². The van der Waals surface area contributed by atoms with Crippen LogP contribution in [0.5, 0.6) is 5.95 Å². The highest BCUT2D eigenvalue weighted by Crippen LogP contribution is 2.57. The Morgan fingerprint density at radius 1 is 1.35 bits per heavy atom. The summed E-state index contributed by atoms with van der Waals surface area (Å²) in [6.45, 7) is 6.83. The second-order valence-corrected chi connectivity index (χ2v) is 6.23. The van der Waals surface area contributed by atoms with Crippen LogP contribution in [0.2, 0.25) is 0 Å². The first-order valence-electron chi connectivity index (χ1n) is 7.92. The van der Waals surface area contributed by atoms with Gasteiger partial charge in [-0.25, -0.2) is 0 Å². The van der Waals surface area contributed by atoms with Crippen molar-refractivity contribution in [2.75, 3.05) is 20.3 Å². The van der Waals surface area contributed by atoms with Crippen molar-refractivity contribution in [3.05, 3.63) is 35.6 Å². The van der Waals surface area contributed by atoms with Gasteiger partial charge >= 0.3 is 0 Å². The number of ether oxygens (including phenoxy) is 3. The van der Waals surface area contributed by atoms with Crippen molar-refractivity contribution in [3.8, 4) is 5.95 Å². The topological polar surface area (TPSA) is 61.1 Å². The van der Waals surface area contributed by atoms with Crippen LogP contribution in [0, 0.1) is 12.3 Å². The van der Waals surface area contributed by atoms with Crippen LogP contribution in [0.4, 0.5) is 0 Å². The number of aliphatic hydroxyl groups excluding tert-OH is 1. The predicted molar refractivity (Wildman–Crippen MR) is 86.2 cm³/mol. The summed E-state index contributed by atoms with van der Waals surface area (Å²) in [7, 11) is 1.58. The third-order valence-corrected chi connectivity index (χ3v) is 4.97. The summed E-state index contributed by atoms with van der Waals surface area (Å²) in [4.78, 5) is 0. The molecular weight excluding hydrogens is 296 g/mol. The summed E-state index contributed by atoms with van der Waals surface area (Å²) in [5, 5.41) is 10.8. The Bertz CT molecular complexity index is 636. The largest absolute Gasteiger partial charge is 0.468 e. The molecule has 1 aliphatic carbocycles. The number of rotatable bonds is 4. The van der Waals surface area contributed by atoms with Crippen molar-refractivity contribution in [3.63, 3.8) is 0 Å². The molecule has 0 radical (unpaired) electrons. The van der Waals surface area contributed by atoms with Crippen LogP contribution in [0.3, 0.4) is 0 Å². The van der Waals surface area contributed by atoms with E-state index in [9.17, 15) is 5.11 Å². The third-order valence-electron chi connectivity index (χ3n) is 4.97. The molecule has 2 heterocycles. The molecule has 1 saturated heterocycles. The zero-order valence-corrected chi connectivity index (χ0v) is 14.1. The zero-order valence-electron chi connectivity index (χ0n) is 14.1.